The SMILES string of the molecule is COc1cc(CNCCCc2nc3ccccc3[nH]2)cc(Br)c1OCc1ccccc1Cl. The number of fused-ring (bicyclic) bond motifs is 1. The maximum Gasteiger partial charge on any atom is 0.175 e. The van der Waals surface area contributed by atoms with Crippen LogP contribution >= 0.6 is 27.5 Å². The number of nitrogens with zero attached hydrogens (tertiary/aromatic N) is 1. The maximum absolute atomic E-state index is 6.23. The van der Waals surface area contributed by atoms with Crippen molar-refractivity contribution >= 4 is 38.6 Å². The smallest absolute Gasteiger partial charge is 0.175 e. The highest BCUT2D eigenvalue weighted by Gasteiger charge is 2.13. The molecule has 0 saturated carbocycles. The molecule has 0 amide bonds. The minimum absolute atomic E-state index is 0.369. The lowest BCUT2D eigenvalue weighted by molar-refractivity contribution is 0.282. The van der Waals surface area contributed by atoms with Crippen LogP contribution in [0.2, 0.25) is 5.02 Å². The lowest BCUT2D eigenvalue weighted by Crippen LogP contribution is -2.15. The number of imidazole rings is 1. The number of benzene rings is 3. The lowest BCUT2D eigenvalue weighted by atomic mass is 10.2. The summed E-state index contributed by atoms with van der Waals surface area (Å²) in [6, 6.07) is 19.8. The van der Waals surface area contributed by atoms with E-state index in [9.17, 15) is 0 Å². The van der Waals surface area contributed by atoms with Crippen molar-refractivity contribution in [2.45, 2.75) is 26.0 Å². The molecule has 0 aliphatic carbocycles. The highest BCUT2D eigenvalue weighted by molar-refractivity contribution is 9.10. The number of aromatic nitrogens is 2. The molecule has 4 rings (SSSR count). The second-order valence-electron chi connectivity index (χ2n) is 7.47. The monoisotopic (exact) mass is 513 g/mol. The van der Waals surface area contributed by atoms with Gasteiger partial charge >= 0.3 is 0 Å². The third-order valence-electron chi connectivity index (χ3n) is 5.15. The fraction of sp³-hybridized carbons (Fsp3) is 0.240. The lowest BCUT2D eigenvalue weighted by Gasteiger charge is -2.15. The first-order chi connectivity index (χ1) is 15.6. The Morgan fingerprint density at radius 3 is 2.72 bits per heavy atom. The Kier molecular flexibility index (Phi) is 7.68. The van der Waals surface area contributed by atoms with E-state index < -0.39 is 0 Å². The zero-order valence-corrected chi connectivity index (χ0v) is 20.2. The molecule has 0 unspecified atom stereocenters. The van der Waals surface area contributed by atoms with Crippen LogP contribution in [0, 0.1) is 0 Å². The number of para-hydroxylation sites is 2. The third-order valence-corrected chi connectivity index (χ3v) is 6.11. The van der Waals surface area contributed by atoms with E-state index in [0.717, 1.165) is 58.4 Å². The Hall–Kier alpha value is -2.54. The molecule has 5 nitrogen and oxygen atoms in total. The largest absolute Gasteiger partial charge is 0.493 e. The number of hydrogen-bond acceptors (Lipinski definition) is 4. The summed E-state index contributed by atoms with van der Waals surface area (Å²) in [6.45, 7) is 2.00. The molecule has 2 N–H and O–H groups in total. The summed E-state index contributed by atoms with van der Waals surface area (Å²) in [5.41, 5.74) is 4.15. The van der Waals surface area contributed by atoms with Gasteiger partial charge in [-0.15, -0.1) is 0 Å². The molecule has 0 aliphatic heterocycles. The molecule has 166 valence electrons. The molecule has 0 radical (unpaired) electrons. The van der Waals surface area contributed by atoms with Crippen molar-refractivity contribution in [2.24, 2.45) is 0 Å². The van der Waals surface area contributed by atoms with Crippen molar-refractivity contribution in [1.29, 1.82) is 0 Å². The van der Waals surface area contributed by atoms with Crippen LogP contribution in [-0.4, -0.2) is 23.6 Å². The van der Waals surface area contributed by atoms with E-state index >= 15 is 0 Å². The van der Waals surface area contributed by atoms with Gasteiger partial charge in [-0.2, -0.15) is 0 Å². The summed E-state index contributed by atoms with van der Waals surface area (Å²) in [6.07, 6.45) is 1.90. The average Bonchev–Trinajstić information content (AvgIpc) is 3.21. The van der Waals surface area contributed by atoms with Gasteiger partial charge in [0.15, 0.2) is 11.5 Å². The van der Waals surface area contributed by atoms with Crippen LogP contribution in [0.5, 0.6) is 11.5 Å². The quantitative estimate of drug-likeness (QED) is 0.244. The minimum atomic E-state index is 0.369. The van der Waals surface area contributed by atoms with Gasteiger partial charge in [-0.3, -0.25) is 0 Å². The highest BCUT2D eigenvalue weighted by atomic mass is 79.9. The maximum atomic E-state index is 6.23. The Morgan fingerprint density at radius 1 is 1.09 bits per heavy atom. The van der Waals surface area contributed by atoms with E-state index in [1.807, 2.05) is 48.5 Å². The van der Waals surface area contributed by atoms with Gasteiger partial charge in [-0.05, 0) is 64.8 Å². The van der Waals surface area contributed by atoms with E-state index in [-0.39, 0.29) is 0 Å². The average molecular weight is 515 g/mol. The summed E-state index contributed by atoms with van der Waals surface area (Å²) in [5, 5.41) is 4.18. The van der Waals surface area contributed by atoms with Crippen LogP contribution in [-0.2, 0) is 19.6 Å². The number of nitrogens with one attached hydrogen (secondary N) is 2. The van der Waals surface area contributed by atoms with Gasteiger partial charge < -0.3 is 19.8 Å². The van der Waals surface area contributed by atoms with Crippen molar-refractivity contribution in [1.82, 2.24) is 15.3 Å². The number of aryl methyl sites for hydroxylation is 1. The van der Waals surface area contributed by atoms with E-state index in [1.54, 1.807) is 7.11 Å². The first-order valence-corrected chi connectivity index (χ1v) is 11.7. The fourth-order valence-electron chi connectivity index (χ4n) is 3.52. The Morgan fingerprint density at radius 2 is 1.91 bits per heavy atom. The summed E-state index contributed by atoms with van der Waals surface area (Å²) >= 11 is 9.86. The predicted octanol–water partition coefficient (Wildman–Crippen LogP) is 6.29. The molecule has 1 aromatic heterocycles. The first-order valence-electron chi connectivity index (χ1n) is 10.5. The Bertz CT molecular complexity index is 1160. The standard InChI is InChI=1S/C25H25BrClN3O2/c1-31-23-14-17(13-19(26)25(23)32-16-18-7-2-3-8-20(18)27)15-28-12-6-11-24-29-21-9-4-5-10-22(21)30-24/h2-5,7-10,13-14,28H,6,11-12,15-16H2,1H3,(H,29,30). The number of H-pyrrole nitrogens is 1. The summed E-state index contributed by atoms with van der Waals surface area (Å²) < 4.78 is 12.4. The van der Waals surface area contributed by atoms with Gasteiger partial charge in [0.25, 0.3) is 0 Å². The molecule has 32 heavy (non-hydrogen) atoms. The molecule has 1 heterocycles. The zero-order chi connectivity index (χ0) is 22.3. The summed E-state index contributed by atoms with van der Waals surface area (Å²) in [7, 11) is 1.65. The molecular formula is C25H25BrClN3O2. The number of halogens is 2. The summed E-state index contributed by atoms with van der Waals surface area (Å²) in [4.78, 5) is 8.01. The van der Waals surface area contributed by atoms with Gasteiger partial charge in [0.05, 0.1) is 22.6 Å². The van der Waals surface area contributed by atoms with Crippen molar-refractivity contribution < 1.29 is 9.47 Å². The third kappa shape index (κ3) is 5.63. The highest BCUT2D eigenvalue weighted by Crippen LogP contribution is 2.37. The van der Waals surface area contributed by atoms with Crippen LogP contribution in [0.3, 0.4) is 0 Å². The van der Waals surface area contributed by atoms with Crippen LogP contribution < -0.4 is 14.8 Å². The summed E-state index contributed by atoms with van der Waals surface area (Å²) in [5.74, 6) is 2.38. The predicted molar refractivity (Wildman–Crippen MR) is 133 cm³/mol. The molecule has 0 aliphatic rings. The van der Waals surface area contributed by atoms with Crippen molar-refractivity contribution in [3.8, 4) is 11.5 Å². The molecule has 7 heteroatoms. The van der Waals surface area contributed by atoms with Crippen LogP contribution in [0.1, 0.15) is 23.4 Å². The number of aromatic amines is 1. The van der Waals surface area contributed by atoms with E-state index in [1.165, 1.54) is 0 Å². The van der Waals surface area contributed by atoms with Gasteiger partial charge in [0, 0.05) is 23.6 Å². The minimum Gasteiger partial charge on any atom is -0.493 e. The normalized spacial score (nSPS) is 11.1. The van der Waals surface area contributed by atoms with Gasteiger partial charge in [-0.25, -0.2) is 4.98 Å². The van der Waals surface area contributed by atoms with Crippen LogP contribution in [0.15, 0.2) is 65.1 Å². The van der Waals surface area contributed by atoms with Crippen molar-refractivity contribution in [3.63, 3.8) is 0 Å². The molecule has 4 aromatic rings. The van der Waals surface area contributed by atoms with Gasteiger partial charge in [0.2, 0.25) is 0 Å². The van der Waals surface area contributed by atoms with Crippen molar-refractivity contribution in [2.75, 3.05) is 13.7 Å². The van der Waals surface area contributed by atoms with Crippen LogP contribution in [0.4, 0.5) is 0 Å². The van der Waals surface area contributed by atoms with E-state index in [4.69, 9.17) is 21.1 Å². The number of methoxy groups -OCH3 is 1. The second-order valence-corrected chi connectivity index (χ2v) is 8.73. The van der Waals surface area contributed by atoms with E-state index in [2.05, 4.69) is 43.3 Å². The Balaban J connectivity index is 1.29. The van der Waals surface area contributed by atoms with Gasteiger partial charge in [-0.1, -0.05) is 41.9 Å². The van der Waals surface area contributed by atoms with E-state index in [0.29, 0.717) is 23.1 Å². The molecule has 3 aromatic carbocycles. The molecule has 0 saturated heterocycles. The molecule has 0 bridgehead atoms. The number of hydrogen-bond donors (Lipinski definition) is 2. The second kappa shape index (κ2) is 10.9. The number of rotatable bonds is 10. The van der Waals surface area contributed by atoms with Crippen molar-refractivity contribution in [3.05, 3.63) is 87.1 Å². The first kappa shape index (κ1) is 22.6. The molecule has 0 atom stereocenters. The number of ether oxygens (including phenoxy) is 2. The fourth-order valence-corrected chi connectivity index (χ4v) is 4.31. The topological polar surface area (TPSA) is 59.2 Å². The Labute approximate surface area is 201 Å². The van der Waals surface area contributed by atoms with Crippen LogP contribution in [0.25, 0.3) is 11.0 Å². The zero-order valence-electron chi connectivity index (χ0n) is 17.8. The van der Waals surface area contributed by atoms with Gasteiger partial charge in [0.1, 0.15) is 12.4 Å². The molecular weight excluding hydrogens is 490 g/mol. The molecule has 0 fully saturated rings. The molecule has 0 spiro atoms.